The number of nitrogens with zero attached hydrogens (tertiary/aromatic N) is 5. The van der Waals surface area contributed by atoms with E-state index in [1.165, 1.54) is 24.8 Å². The number of aliphatic carboxylic acids is 1. The molecular weight excluding hydrogens is 436 g/mol. The molecule has 4 rings (SSSR count). The Hall–Kier alpha value is -3.51. The van der Waals surface area contributed by atoms with Crippen molar-refractivity contribution in [3.63, 3.8) is 0 Å². The number of hydrogen-bond acceptors (Lipinski definition) is 9. The molecule has 0 bridgehead atoms. The van der Waals surface area contributed by atoms with Crippen LogP contribution in [0.5, 0.6) is 11.6 Å². The summed E-state index contributed by atoms with van der Waals surface area (Å²) < 4.78 is 10.4. The van der Waals surface area contributed by atoms with Crippen LogP contribution in [0.2, 0.25) is 0 Å². The minimum absolute atomic E-state index is 0.209. The zero-order chi connectivity index (χ0) is 22.5. The first kappa shape index (κ1) is 21.7. The zero-order valence-electron chi connectivity index (χ0n) is 17.4. The number of nitrogens with one attached hydrogen (secondary N) is 1. The van der Waals surface area contributed by atoms with Crippen molar-refractivity contribution in [3.8, 4) is 11.6 Å². The van der Waals surface area contributed by atoms with Crippen LogP contribution in [0, 0.1) is 0 Å². The quantitative estimate of drug-likeness (QED) is 0.545. The lowest BCUT2D eigenvalue weighted by Gasteiger charge is -2.34. The standard InChI is InChI=1S/C20H22N6O5S/c1-30-17-16-18(22-12-21-17)32-19(23-16)24-20(29)26-7-5-25(6-8-26)10-13-3-2-4-14(9-13)31-11-15(27)28/h2-4,9,12H,5-8,10-11H2,1H3,(H,27,28)(H,23,24,29). The predicted molar refractivity (Wildman–Crippen MR) is 117 cm³/mol. The molecule has 1 saturated heterocycles. The Morgan fingerprint density at radius 1 is 1.22 bits per heavy atom. The lowest BCUT2D eigenvalue weighted by molar-refractivity contribution is -0.139. The van der Waals surface area contributed by atoms with Crippen molar-refractivity contribution >= 4 is 38.8 Å². The number of hydrogen-bond donors (Lipinski definition) is 2. The number of ether oxygens (including phenoxy) is 2. The second-order valence-electron chi connectivity index (χ2n) is 7.08. The molecule has 2 aromatic heterocycles. The molecule has 12 heteroatoms. The third-order valence-electron chi connectivity index (χ3n) is 4.90. The number of methoxy groups -OCH3 is 1. The number of aromatic nitrogens is 3. The molecule has 3 aromatic rings. The van der Waals surface area contributed by atoms with Gasteiger partial charge in [-0.15, -0.1) is 0 Å². The van der Waals surface area contributed by atoms with Crippen molar-refractivity contribution in [2.45, 2.75) is 6.54 Å². The fourth-order valence-corrected chi connectivity index (χ4v) is 4.14. The molecule has 0 saturated carbocycles. The molecule has 0 atom stereocenters. The highest BCUT2D eigenvalue weighted by molar-refractivity contribution is 7.22. The lowest BCUT2D eigenvalue weighted by Crippen LogP contribution is -2.49. The Morgan fingerprint density at radius 3 is 2.78 bits per heavy atom. The summed E-state index contributed by atoms with van der Waals surface area (Å²) in [6.45, 7) is 2.91. The van der Waals surface area contributed by atoms with E-state index in [1.807, 2.05) is 18.2 Å². The van der Waals surface area contributed by atoms with Crippen molar-refractivity contribution in [1.29, 1.82) is 0 Å². The average Bonchev–Trinajstić information content (AvgIpc) is 3.21. The molecule has 0 spiro atoms. The van der Waals surface area contributed by atoms with Crippen molar-refractivity contribution < 1.29 is 24.2 Å². The first-order chi connectivity index (χ1) is 15.5. The predicted octanol–water partition coefficient (Wildman–Crippen LogP) is 1.91. The van der Waals surface area contributed by atoms with Gasteiger partial charge in [0.1, 0.15) is 12.1 Å². The molecule has 0 aliphatic carbocycles. The van der Waals surface area contributed by atoms with Crippen LogP contribution in [0.25, 0.3) is 10.3 Å². The summed E-state index contributed by atoms with van der Waals surface area (Å²) in [5.74, 6) is -0.111. The van der Waals surface area contributed by atoms with Crippen LogP contribution >= 0.6 is 11.3 Å². The number of rotatable bonds is 7. The highest BCUT2D eigenvalue weighted by atomic mass is 32.1. The van der Waals surface area contributed by atoms with Crippen LogP contribution in [0.1, 0.15) is 5.56 Å². The molecule has 2 amide bonds. The second-order valence-corrected chi connectivity index (χ2v) is 8.06. The summed E-state index contributed by atoms with van der Waals surface area (Å²) in [5.41, 5.74) is 1.55. The first-order valence-electron chi connectivity index (χ1n) is 9.89. The molecule has 1 aliphatic heterocycles. The maximum Gasteiger partial charge on any atom is 0.341 e. The average molecular weight is 459 g/mol. The lowest BCUT2D eigenvalue weighted by atomic mass is 10.2. The minimum Gasteiger partial charge on any atom is -0.482 e. The van der Waals surface area contributed by atoms with E-state index < -0.39 is 5.97 Å². The maximum absolute atomic E-state index is 12.7. The van der Waals surface area contributed by atoms with Crippen LogP contribution in [0.3, 0.4) is 0 Å². The van der Waals surface area contributed by atoms with Gasteiger partial charge in [0, 0.05) is 32.7 Å². The molecular formula is C20H22N6O5S. The van der Waals surface area contributed by atoms with Gasteiger partial charge in [-0.2, -0.15) is 4.98 Å². The highest BCUT2D eigenvalue weighted by Crippen LogP contribution is 2.29. The second kappa shape index (κ2) is 9.75. The van der Waals surface area contributed by atoms with Crippen LogP contribution in [0.4, 0.5) is 9.93 Å². The smallest absolute Gasteiger partial charge is 0.341 e. The van der Waals surface area contributed by atoms with E-state index in [2.05, 4.69) is 25.2 Å². The summed E-state index contributed by atoms with van der Waals surface area (Å²) in [6.07, 6.45) is 1.40. The van der Waals surface area contributed by atoms with E-state index >= 15 is 0 Å². The van der Waals surface area contributed by atoms with E-state index in [9.17, 15) is 9.59 Å². The summed E-state index contributed by atoms with van der Waals surface area (Å²) in [6, 6.07) is 7.18. The van der Waals surface area contributed by atoms with Crippen LogP contribution < -0.4 is 14.8 Å². The number of amides is 2. The Kier molecular flexibility index (Phi) is 6.61. The number of thiazole rings is 1. The Bertz CT molecular complexity index is 1110. The summed E-state index contributed by atoms with van der Waals surface area (Å²) in [5, 5.41) is 12.0. The maximum atomic E-state index is 12.7. The molecule has 2 N–H and O–H groups in total. The third-order valence-corrected chi connectivity index (χ3v) is 5.77. The molecule has 32 heavy (non-hydrogen) atoms. The van der Waals surface area contributed by atoms with Crippen LogP contribution in [-0.2, 0) is 11.3 Å². The number of carbonyl (C=O) groups excluding carboxylic acids is 1. The largest absolute Gasteiger partial charge is 0.482 e. The number of piperazine rings is 1. The number of carboxylic acids is 1. The molecule has 0 radical (unpaired) electrons. The van der Waals surface area contributed by atoms with Gasteiger partial charge in [-0.3, -0.25) is 10.2 Å². The molecule has 0 unspecified atom stereocenters. The SMILES string of the molecule is COc1ncnc2sc(NC(=O)N3CCN(Cc4cccc(OCC(=O)O)c4)CC3)nc12. The van der Waals surface area contributed by atoms with Gasteiger partial charge < -0.3 is 19.5 Å². The molecule has 11 nitrogen and oxygen atoms in total. The third kappa shape index (κ3) is 5.21. The van der Waals surface area contributed by atoms with E-state index in [1.54, 1.807) is 11.0 Å². The minimum atomic E-state index is -1.01. The number of anilines is 1. The van der Waals surface area contributed by atoms with Gasteiger partial charge in [0.15, 0.2) is 22.1 Å². The molecule has 1 aromatic carbocycles. The van der Waals surface area contributed by atoms with Gasteiger partial charge in [-0.1, -0.05) is 23.5 Å². The van der Waals surface area contributed by atoms with Crippen molar-refractivity contribution in [1.82, 2.24) is 24.8 Å². The number of benzene rings is 1. The Morgan fingerprint density at radius 2 is 2.03 bits per heavy atom. The first-order valence-corrected chi connectivity index (χ1v) is 10.7. The van der Waals surface area contributed by atoms with Crippen LogP contribution in [-0.4, -0.2) is 81.8 Å². The van der Waals surface area contributed by atoms with Gasteiger partial charge >= 0.3 is 12.0 Å². The van der Waals surface area contributed by atoms with Gasteiger partial charge in [0.05, 0.1) is 7.11 Å². The van der Waals surface area contributed by atoms with Crippen molar-refractivity contribution in [2.75, 3.05) is 45.2 Å². The Balaban J connectivity index is 1.29. The van der Waals surface area contributed by atoms with E-state index in [-0.39, 0.29) is 12.6 Å². The molecule has 3 heterocycles. The van der Waals surface area contributed by atoms with Crippen molar-refractivity contribution in [3.05, 3.63) is 36.2 Å². The monoisotopic (exact) mass is 458 g/mol. The normalized spacial score (nSPS) is 14.3. The summed E-state index contributed by atoms with van der Waals surface area (Å²) in [4.78, 5) is 40.5. The zero-order valence-corrected chi connectivity index (χ0v) is 18.2. The Labute approximate surface area is 187 Å². The number of carboxylic acid groups (broad SMARTS) is 1. The number of urea groups is 1. The summed E-state index contributed by atoms with van der Waals surface area (Å²) in [7, 11) is 1.51. The topological polar surface area (TPSA) is 130 Å². The number of carbonyl (C=O) groups is 2. The fourth-order valence-electron chi connectivity index (χ4n) is 3.35. The molecule has 1 aliphatic rings. The summed E-state index contributed by atoms with van der Waals surface area (Å²) >= 11 is 1.27. The van der Waals surface area contributed by atoms with E-state index in [0.29, 0.717) is 59.8 Å². The highest BCUT2D eigenvalue weighted by Gasteiger charge is 2.22. The van der Waals surface area contributed by atoms with Crippen molar-refractivity contribution in [2.24, 2.45) is 0 Å². The molecule has 168 valence electrons. The van der Waals surface area contributed by atoms with Gasteiger partial charge in [0.25, 0.3) is 0 Å². The van der Waals surface area contributed by atoms with Crippen LogP contribution in [0.15, 0.2) is 30.6 Å². The fraction of sp³-hybridized carbons (Fsp3) is 0.350. The number of fused-ring (bicyclic) bond motifs is 1. The molecule has 1 fully saturated rings. The van der Waals surface area contributed by atoms with Gasteiger partial charge in [-0.05, 0) is 17.7 Å². The van der Waals surface area contributed by atoms with Gasteiger partial charge in [0.2, 0.25) is 5.88 Å². The van der Waals surface area contributed by atoms with Gasteiger partial charge in [-0.25, -0.2) is 19.6 Å². The van der Waals surface area contributed by atoms with E-state index in [4.69, 9.17) is 14.6 Å². The van der Waals surface area contributed by atoms with E-state index in [0.717, 1.165) is 5.56 Å².